The van der Waals surface area contributed by atoms with Crippen LogP contribution in [-0.4, -0.2) is 51.5 Å². The lowest BCUT2D eigenvalue weighted by Gasteiger charge is -2.37. The molecule has 0 saturated carbocycles. The van der Waals surface area contributed by atoms with Crippen LogP contribution in [0.1, 0.15) is 24.2 Å². The number of aromatic nitrogens is 2. The van der Waals surface area contributed by atoms with Crippen LogP contribution in [0, 0.1) is 19.3 Å². The molecule has 1 saturated heterocycles. The van der Waals surface area contributed by atoms with E-state index in [0.717, 1.165) is 25.9 Å². The molecule has 1 fully saturated rings. The smallest absolute Gasteiger partial charge is 0.244 e. The Morgan fingerprint density at radius 2 is 2.00 bits per heavy atom. The van der Waals surface area contributed by atoms with Crippen LogP contribution in [0.2, 0.25) is 0 Å². The Balaban J connectivity index is 2.17. The number of methoxy groups -OCH3 is 1. The molecule has 1 aliphatic rings. The summed E-state index contributed by atoms with van der Waals surface area (Å²) in [5.41, 5.74) is 1.03. The van der Waals surface area contributed by atoms with Crippen molar-refractivity contribution in [1.29, 1.82) is 0 Å². The molecule has 0 aromatic carbocycles. The average molecular weight is 330 g/mol. The Morgan fingerprint density at radius 1 is 1.36 bits per heavy atom. The van der Waals surface area contributed by atoms with E-state index in [2.05, 4.69) is 15.1 Å². The van der Waals surface area contributed by atoms with Crippen molar-refractivity contribution in [2.45, 2.75) is 31.6 Å². The summed E-state index contributed by atoms with van der Waals surface area (Å²) >= 11 is 0. The summed E-state index contributed by atoms with van der Waals surface area (Å²) in [4.78, 5) is 0.288. The molecule has 0 amide bonds. The fraction of sp³-hybridized carbons (Fsp3) is 0.786. The number of rotatable bonds is 6. The number of aryl methyl sites for hydroxylation is 2. The van der Waals surface area contributed by atoms with Gasteiger partial charge in [-0.3, -0.25) is 4.68 Å². The van der Waals surface area contributed by atoms with Gasteiger partial charge in [-0.1, -0.05) is 0 Å². The molecule has 0 radical (unpaired) electrons. The molecule has 0 unspecified atom stereocenters. The lowest BCUT2D eigenvalue weighted by atomic mass is 9.80. The predicted octanol–water partition coefficient (Wildman–Crippen LogP) is 0.331. The molecule has 0 aliphatic carbocycles. The summed E-state index contributed by atoms with van der Waals surface area (Å²) in [6, 6.07) is 0. The molecular formula is C14H26N4O3S. The summed E-state index contributed by atoms with van der Waals surface area (Å²) in [6.07, 6.45) is 1.79. The Bertz CT molecular complexity index is 613. The summed E-state index contributed by atoms with van der Waals surface area (Å²) < 4.78 is 35.0. The Labute approximate surface area is 132 Å². The van der Waals surface area contributed by atoms with Crippen molar-refractivity contribution in [3.8, 4) is 0 Å². The van der Waals surface area contributed by atoms with Crippen LogP contribution in [0.25, 0.3) is 0 Å². The lowest BCUT2D eigenvalue weighted by Crippen LogP contribution is -2.47. The highest BCUT2D eigenvalue weighted by atomic mass is 32.2. The van der Waals surface area contributed by atoms with Gasteiger partial charge in [0.05, 0.1) is 18.0 Å². The number of hydrogen-bond donors (Lipinski definition) is 2. The lowest BCUT2D eigenvalue weighted by molar-refractivity contribution is 0.0577. The number of ether oxygens (including phenoxy) is 1. The molecule has 7 nitrogen and oxygen atoms in total. The summed E-state index contributed by atoms with van der Waals surface area (Å²) in [7, 11) is -0.155. The van der Waals surface area contributed by atoms with Crippen molar-refractivity contribution in [1.82, 2.24) is 19.8 Å². The first-order chi connectivity index (χ1) is 10.3. The van der Waals surface area contributed by atoms with Crippen LogP contribution < -0.4 is 10.0 Å². The topological polar surface area (TPSA) is 85.2 Å². The fourth-order valence-electron chi connectivity index (χ4n) is 3.10. The number of sulfonamides is 1. The normalized spacial score (nSPS) is 18.5. The third-order valence-corrected chi connectivity index (χ3v) is 6.12. The molecule has 0 bridgehead atoms. The Kier molecular flexibility index (Phi) is 5.26. The Hall–Kier alpha value is -0.960. The monoisotopic (exact) mass is 330 g/mol. The van der Waals surface area contributed by atoms with Gasteiger partial charge in [-0.05, 0) is 39.8 Å². The van der Waals surface area contributed by atoms with E-state index in [9.17, 15) is 8.42 Å². The zero-order chi connectivity index (χ0) is 16.4. The van der Waals surface area contributed by atoms with Crippen molar-refractivity contribution in [2.75, 3.05) is 33.4 Å². The van der Waals surface area contributed by atoms with Crippen LogP contribution in [0.4, 0.5) is 0 Å². The zero-order valence-corrected chi connectivity index (χ0v) is 14.6. The Morgan fingerprint density at radius 3 is 2.50 bits per heavy atom. The molecule has 8 heteroatoms. The van der Waals surface area contributed by atoms with E-state index in [1.54, 1.807) is 32.7 Å². The maximum absolute atomic E-state index is 12.7. The minimum absolute atomic E-state index is 0.142. The van der Waals surface area contributed by atoms with E-state index in [4.69, 9.17) is 4.74 Å². The van der Waals surface area contributed by atoms with Gasteiger partial charge < -0.3 is 10.1 Å². The summed E-state index contributed by atoms with van der Waals surface area (Å²) in [5, 5.41) is 7.49. The highest BCUT2D eigenvalue weighted by molar-refractivity contribution is 7.89. The van der Waals surface area contributed by atoms with E-state index in [0.29, 0.717) is 24.5 Å². The van der Waals surface area contributed by atoms with Crippen molar-refractivity contribution >= 4 is 10.0 Å². The van der Waals surface area contributed by atoms with Crippen LogP contribution in [0.3, 0.4) is 0 Å². The first kappa shape index (κ1) is 17.4. The van der Waals surface area contributed by atoms with Crippen LogP contribution in [0.5, 0.6) is 0 Å². The van der Waals surface area contributed by atoms with Crippen molar-refractivity contribution in [3.63, 3.8) is 0 Å². The van der Waals surface area contributed by atoms with Crippen molar-refractivity contribution < 1.29 is 13.2 Å². The molecule has 2 N–H and O–H groups in total. The molecular weight excluding hydrogens is 304 g/mol. The first-order valence-corrected chi connectivity index (χ1v) is 8.99. The second-order valence-corrected chi connectivity index (χ2v) is 7.83. The molecule has 22 heavy (non-hydrogen) atoms. The first-order valence-electron chi connectivity index (χ1n) is 7.51. The van der Waals surface area contributed by atoms with E-state index < -0.39 is 10.0 Å². The maximum atomic E-state index is 12.7. The van der Waals surface area contributed by atoms with Gasteiger partial charge in [-0.15, -0.1) is 0 Å². The largest absolute Gasteiger partial charge is 0.384 e. The molecule has 2 rings (SSSR count). The second-order valence-electron chi connectivity index (χ2n) is 6.13. The highest BCUT2D eigenvalue weighted by Gasteiger charge is 2.34. The molecule has 1 aliphatic heterocycles. The molecule has 1 aromatic heterocycles. The standard InChI is InChI=1S/C14H26N4O3S/c1-11-13(12(2)18(3)17-11)22(19,20)16-9-14(10-21-4)5-7-15-8-6-14/h15-16H,5-10H2,1-4H3. The minimum Gasteiger partial charge on any atom is -0.384 e. The van der Waals surface area contributed by atoms with Crippen molar-refractivity contribution in [2.24, 2.45) is 12.5 Å². The molecule has 0 spiro atoms. The van der Waals surface area contributed by atoms with Gasteiger partial charge >= 0.3 is 0 Å². The number of nitrogens with zero attached hydrogens (tertiary/aromatic N) is 2. The zero-order valence-electron chi connectivity index (χ0n) is 13.8. The van der Waals surface area contributed by atoms with Gasteiger partial charge in [0, 0.05) is 26.1 Å². The second kappa shape index (κ2) is 6.66. The van der Waals surface area contributed by atoms with E-state index in [1.807, 2.05) is 0 Å². The fourth-order valence-corrected chi connectivity index (χ4v) is 4.69. The van der Waals surface area contributed by atoms with Crippen LogP contribution in [-0.2, 0) is 21.8 Å². The van der Waals surface area contributed by atoms with Crippen LogP contribution >= 0.6 is 0 Å². The molecule has 1 aromatic rings. The van der Waals surface area contributed by atoms with Gasteiger partial charge in [0.15, 0.2) is 0 Å². The SMILES string of the molecule is COCC1(CNS(=O)(=O)c2c(C)nn(C)c2C)CCNCC1. The van der Waals surface area contributed by atoms with E-state index >= 15 is 0 Å². The molecule has 126 valence electrons. The third kappa shape index (κ3) is 3.51. The number of hydrogen-bond acceptors (Lipinski definition) is 5. The van der Waals surface area contributed by atoms with Gasteiger partial charge in [0.1, 0.15) is 4.90 Å². The van der Waals surface area contributed by atoms with Gasteiger partial charge in [0.25, 0.3) is 0 Å². The summed E-state index contributed by atoms with van der Waals surface area (Å²) in [6.45, 7) is 6.20. The third-order valence-electron chi connectivity index (χ3n) is 4.46. The van der Waals surface area contributed by atoms with E-state index in [-0.39, 0.29) is 10.3 Å². The van der Waals surface area contributed by atoms with Gasteiger partial charge in [0.2, 0.25) is 10.0 Å². The highest BCUT2D eigenvalue weighted by Crippen LogP contribution is 2.29. The van der Waals surface area contributed by atoms with Gasteiger partial charge in [-0.2, -0.15) is 5.10 Å². The summed E-state index contributed by atoms with van der Waals surface area (Å²) in [5.74, 6) is 0. The molecule has 0 atom stereocenters. The minimum atomic E-state index is -3.57. The number of piperidine rings is 1. The quantitative estimate of drug-likeness (QED) is 0.785. The van der Waals surface area contributed by atoms with Crippen LogP contribution in [0.15, 0.2) is 4.90 Å². The van der Waals surface area contributed by atoms with E-state index in [1.165, 1.54) is 0 Å². The average Bonchev–Trinajstić information content (AvgIpc) is 2.72. The predicted molar refractivity (Wildman–Crippen MR) is 84.3 cm³/mol. The molecule has 2 heterocycles. The van der Waals surface area contributed by atoms with Crippen molar-refractivity contribution in [3.05, 3.63) is 11.4 Å². The number of nitrogens with one attached hydrogen (secondary N) is 2. The maximum Gasteiger partial charge on any atom is 0.244 e. The van der Waals surface area contributed by atoms with Gasteiger partial charge in [-0.25, -0.2) is 13.1 Å².